The number of aryl methyl sites for hydroxylation is 1. The first kappa shape index (κ1) is 31.5. The Morgan fingerprint density at radius 3 is 2.67 bits per heavy atom. The molecule has 0 bridgehead atoms. The average Bonchev–Trinajstić information content (AvgIpc) is 3.45. The zero-order valence-electron chi connectivity index (χ0n) is 26.1. The third kappa shape index (κ3) is 6.70. The molecule has 3 atom stereocenters. The van der Waals surface area contributed by atoms with Gasteiger partial charge in [-0.1, -0.05) is 43.3 Å². The number of nitrogens with zero attached hydrogens (tertiary/aromatic N) is 3. The van der Waals surface area contributed by atoms with Crippen LogP contribution in [0.15, 0.2) is 73.1 Å². The Hall–Kier alpha value is -4.48. The van der Waals surface area contributed by atoms with Gasteiger partial charge in [0.05, 0.1) is 19.3 Å². The van der Waals surface area contributed by atoms with Crippen LogP contribution in [-0.2, 0) is 21.5 Å². The summed E-state index contributed by atoms with van der Waals surface area (Å²) < 4.78 is 38.7. The monoisotopic (exact) mass is 642 g/mol. The Kier molecular flexibility index (Phi) is 8.71. The number of fused-ring (bicyclic) bond motifs is 3. The van der Waals surface area contributed by atoms with E-state index < -0.39 is 21.9 Å². The quantitative estimate of drug-likeness (QED) is 0.167. The maximum atomic E-state index is 13.6. The van der Waals surface area contributed by atoms with Gasteiger partial charge in [-0.3, -0.25) is 18.8 Å². The van der Waals surface area contributed by atoms with Gasteiger partial charge >= 0.3 is 0 Å². The van der Waals surface area contributed by atoms with E-state index in [0.717, 1.165) is 40.2 Å². The van der Waals surface area contributed by atoms with Crippen molar-refractivity contribution in [3.05, 3.63) is 101 Å². The number of hydrogen-bond donors (Lipinski definition) is 2. The molecule has 10 nitrogen and oxygen atoms in total. The van der Waals surface area contributed by atoms with Crippen molar-refractivity contribution in [2.75, 3.05) is 23.9 Å². The van der Waals surface area contributed by atoms with E-state index in [2.05, 4.69) is 36.4 Å². The molecule has 0 radical (unpaired) electrons. The second kappa shape index (κ2) is 12.7. The van der Waals surface area contributed by atoms with Gasteiger partial charge in [0.25, 0.3) is 16.0 Å². The predicted molar refractivity (Wildman–Crippen MR) is 175 cm³/mol. The molecule has 46 heavy (non-hydrogen) atoms. The van der Waals surface area contributed by atoms with Crippen LogP contribution in [0, 0.1) is 25.7 Å². The number of carbonyl (C=O) groups excluding carboxylic acids is 2. The molecule has 2 N–H and O–H groups in total. The van der Waals surface area contributed by atoms with Crippen molar-refractivity contribution in [2.24, 2.45) is 11.8 Å². The summed E-state index contributed by atoms with van der Waals surface area (Å²) in [4.78, 5) is 27.9. The molecule has 2 amide bonds. The summed E-state index contributed by atoms with van der Waals surface area (Å²) in [7, 11) is -4.32. The maximum Gasteiger partial charge on any atom is 0.283 e. The minimum atomic E-state index is -4.32. The highest BCUT2D eigenvalue weighted by molar-refractivity contribution is 7.85. The minimum Gasteiger partial charge on any atom is -0.493 e. The van der Waals surface area contributed by atoms with E-state index in [-0.39, 0.29) is 11.5 Å². The summed E-state index contributed by atoms with van der Waals surface area (Å²) >= 11 is 0. The molecular weight excluding hydrogens is 604 g/mol. The fourth-order valence-electron chi connectivity index (χ4n) is 6.51. The number of amides is 2. The Morgan fingerprint density at radius 2 is 1.87 bits per heavy atom. The van der Waals surface area contributed by atoms with Crippen molar-refractivity contribution < 1.29 is 27.3 Å². The summed E-state index contributed by atoms with van der Waals surface area (Å²) in [6, 6.07) is 19.0. The molecule has 1 fully saturated rings. The topological polar surface area (TPSA) is 131 Å². The lowest BCUT2D eigenvalue weighted by Crippen LogP contribution is -2.36. The van der Waals surface area contributed by atoms with Gasteiger partial charge in [-0.15, -0.1) is 0 Å². The van der Waals surface area contributed by atoms with Gasteiger partial charge in [-0.05, 0) is 90.1 Å². The fourth-order valence-corrected chi connectivity index (χ4v) is 6.82. The molecule has 3 unspecified atom stereocenters. The van der Waals surface area contributed by atoms with Gasteiger partial charge in [0.1, 0.15) is 11.6 Å². The molecule has 2 aliphatic rings. The minimum absolute atomic E-state index is 0.108. The van der Waals surface area contributed by atoms with Gasteiger partial charge in [-0.25, -0.2) is 0 Å². The van der Waals surface area contributed by atoms with Crippen molar-refractivity contribution in [1.29, 1.82) is 0 Å². The van der Waals surface area contributed by atoms with Gasteiger partial charge < -0.3 is 15.0 Å². The van der Waals surface area contributed by atoms with E-state index in [9.17, 15) is 18.0 Å². The van der Waals surface area contributed by atoms with Crippen LogP contribution in [-0.4, -0.2) is 53.6 Å². The van der Waals surface area contributed by atoms with E-state index in [1.807, 2.05) is 54.5 Å². The smallest absolute Gasteiger partial charge is 0.283 e. The van der Waals surface area contributed by atoms with Crippen molar-refractivity contribution in [1.82, 2.24) is 15.1 Å². The zero-order valence-corrected chi connectivity index (χ0v) is 27.0. The third-order valence-corrected chi connectivity index (χ3v) is 9.71. The Balaban J connectivity index is 1.15. The normalized spacial score (nSPS) is 18.4. The molecule has 0 saturated heterocycles. The number of ether oxygens (including phenoxy) is 1. The SMILES string of the molecule is Cc1cccc(OCCCC(=O)N2CC3C(C)C3c3c(-c4cnn(Cc5cccc(C(=O)NCS(=O)(=O)O)c5)c4)cccc32)c1C. The Labute approximate surface area is 269 Å². The molecule has 1 aliphatic heterocycles. The lowest BCUT2D eigenvalue weighted by molar-refractivity contribution is -0.119. The highest BCUT2D eigenvalue weighted by Gasteiger charge is 2.54. The van der Waals surface area contributed by atoms with E-state index in [4.69, 9.17) is 9.29 Å². The summed E-state index contributed by atoms with van der Waals surface area (Å²) in [5, 5.41) is 6.79. The number of anilines is 1. The van der Waals surface area contributed by atoms with Crippen molar-refractivity contribution >= 4 is 27.6 Å². The number of nitrogens with one attached hydrogen (secondary N) is 1. The molecular formula is C35H38N4O6S. The van der Waals surface area contributed by atoms with E-state index in [1.54, 1.807) is 22.9 Å². The van der Waals surface area contributed by atoms with Crippen molar-refractivity contribution in [2.45, 2.75) is 46.1 Å². The van der Waals surface area contributed by atoms with E-state index >= 15 is 0 Å². The molecule has 1 aromatic heterocycles. The first-order valence-electron chi connectivity index (χ1n) is 15.5. The molecule has 1 aliphatic carbocycles. The van der Waals surface area contributed by atoms with Gasteiger partial charge in [-0.2, -0.15) is 13.5 Å². The van der Waals surface area contributed by atoms with Crippen LogP contribution >= 0.6 is 0 Å². The Bertz CT molecular complexity index is 1900. The first-order valence-corrected chi connectivity index (χ1v) is 17.1. The Morgan fingerprint density at radius 1 is 1.09 bits per heavy atom. The number of benzene rings is 3. The van der Waals surface area contributed by atoms with Crippen LogP contribution in [0.3, 0.4) is 0 Å². The van der Waals surface area contributed by atoms with Crippen molar-refractivity contribution in [3.63, 3.8) is 0 Å². The molecule has 1 saturated carbocycles. The number of hydrogen-bond acceptors (Lipinski definition) is 6. The summed E-state index contributed by atoms with van der Waals surface area (Å²) in [6.07, 6.45) is 4.84. The van der Waals surface area contributed by atoms with E-state index in [0.29, 0.717) is 43.7 Å². The van der Waals surface area contributed by atoms with Gasteiger partial charge in [0, 0.05) is 36.0 Å². The van der Waals surface area contributed by atoms with Crippen LogP contribution in [0.2, 0.25) is 0 Å². The lowest BCUT2D eigenvalue weighted by Gasteiger charge is -2.30. The highest BCUT2D eigenvalue weighted by atomic mass is 32.2. The standard InChI is InChI=1S/C35H38N4O6S/c1-22-8-4-13-31(23(22)2)45-15-7-14-32(40)39-20-29-24(3)33(29)34-28(11-6-12-30(34)39)27-17-37-38(19-27)18-25-9-5-10-26(16-25)35(41)36-21-46(42,43)44/h4-6,8-13,16-17,19,24,29,33H,7,14-15,18,20-21H2,1-3H3,(H,36,41)(H,42,43,44). The average molecular weight is 643 g/mol. The predicted octanol–water partition coefficient (Wildman–Crippen LogP) is 5.35. The molecule has 11 heteroatoms. The second-order valence-electron chi connectivity index (χ2n) is 12.3. The van der Waals surface area contributed by atoms with Crippen LogP contribution in [0.5, 0.6) is 5.75 Å². The lowest BCUT2D eigenvalue weighted by atomic mass is 9.92. The molecule has 0 spiro atoms. The molecule has 3 aromatic carbocycles. The maximum absolute atomic E-state index is 13.6. The van der Waals surface area contributed by atoms with E-state index in [1.165, 1.54) is 11.1 Å². The summed E-state index contributed by atoms with van der Waals surface area (Å²) in [6.45, 7) is 7.97. The molecule has 240 valence electrons. The molecule has 2 heterocycles. The molecule has 6 rings (SSSR count). The summed E-state index contributed by atoms with van der Waals surface area (Å²) in [5.74, 6) is 0.817. The fraction of sp³-hybridized carbons (Fsp3) is 0.343. The van der Waals surface area contributed by atoms with Crippen LogP contribution in [0.1, 0.15) is 58.3 Å². The summed E-state index contributed by atoms with van der Waals surface area (Å²) in [5.41, 5.74) is 7.58. The second-order valence-corrected chi connectivity index (χ2v) is 13.8. The van der Waals surface area contributed by atoms with Gasteiger partial charge in [0.2, 0.25) is 5.91 Å². The highest BCUT2D eigenvalue weighted by Crippen LogP contribution is 2.61. The van der Waals surface area contributed by atoms with Crippen LogP contribution in [0.25, 0.3) is 11.1 Å². The van der Waals surface area contributed by atoms with Gasteiger partial charge in [0.15, 0.2) is 0 Å². The van der Waals surface area contributed by atoms with Crippen LogP contribution in [0.4, 0.5) is 5.69 Å². The first-order chi connectivity index (χ1) is 22.0. The number of carbonyl (C=O) groups is 2. The number of rotatable bonds is 11. The zero-order chi connectivity index (χ0) is 32.6. The number of aromatic nitrogens is 2. The third-order valence-electron chi connectivity index (χ3n) is 9.20. The van der Waals surface area contributed by atoms with Crippen LogP contribution < -0.4 is 15.0 Å². The largest absolute Gasteiger partial charge is 0.493 e. The molecule has 4 aromatic rings. The van der Waals surface area contributed by atoms with Crippen molar-refractivity contribution in [3.8, 4) is 16.9 Å².